The molecule has 0 aliphatic heterocycles. The van der Waals surface area contributed by atoms with Gasteiger partial charge in [0.05, 0.1) is 24.3 Å². The summed E-state index contributed by atoms with van der Waals surface area (Å²) in [6.07, 6.45) is 6.03. The molecule has 0 saturated carbocycles. The van der Waals surface area contributed by atoms with Crippen LogP contribution in [0.4, 0.5) is 16.0 Å². The number of hydrogen-bond donors (Lipinski definition) is 1. The van der Waals surface area contributed by atoms with E-state index < -0.39 is 0 Å². The first-order valence-electron chi connectivity index (χ1n) is 5.93. The number of nitrogens with one attached hydrogen (secondary N) is 1. The van der Waals surface area contributed by atoms with Crippen molar-refractivity contribution in [2.24, 2.45) is 0 Å². The summed E-state index contributed by atoms with van der Waals surface area (Å²) in [5, 5.41) is 2.96. The molecule has 0 fully saturated rings. The lowest BCUT2D eigenvalue weighted by molar-refractivity contribution is 0.622. The Morgan fingerprint density at radius 3 is 2.55 bits per heavy atom. The molecular formula is C14H10FN5. The Balaban J connectivity index is 1.86. The maximum Gasteiger partial charge on any atom is 0.150 e. The average Bonchev–Trinajstić information content (AvgIpc) is 2.51. The first-order chi connectivity index (χ1) is 9.81. The van der Waals surface area contributed by atoms with E-state index in [2.05, 4.69) is 25.3 Å². The number of pyridine rings is 2. The second kappa shape index (κ2) is 5.40. The zero-order valence-corrected chi connectivity index (χ0v) is 10.4. The van der Waals surface area contributed by atoms with E-state index in [1.165, 1.54) is 12.1 Å². The van der Waals surface area contributed by atoms with E-state index in [0.717, 1.165) is 11.9 Å². The van der Waals surface area contributed by atoms with Crippen LogP contribution >= 0.6 is 0 Å². The highest BCUT2D eigenvalue weighted by Gasteiger charge is 2.03. The molecule has 5 nitrogen and oxygen atoms in total. The Hall–Kier alpha value is -2.89. The number of anilines is 2. The molecule has 0 aromatic carbocycles. The van der Waals surface area contributed by atoms with Crippen molar-refractivity contribution in [3.8, 4) is 11.4 Å². The molecule has 20 heavy (non-hydrogen) atoms. The minimum Gasteiger partial charge on any atom is -0.324 e. The van der Waals surface area contributed by atoms with Gasteiger partial charge in [-0.05, 0) is 24.3 Å². The van der Waals surface area contributed by atoms with E-state index >= 15 is 0 Å². The van der Waals surface area contributed by atoms with Gasteiger partial charge in [0, 0.05) is 6.20 Å². The molecule has 3 aromatic heterocycles. The van der Waals surface area contributed by atoms with Gasteiger partial charge < -0.3 is 5.32 Å². The van der Waals surface area contributed by atoms with Gasteiger partial charge in [-0.25, -0.2) is 14.4 Å². The lowest BCUT2D eigenvalue weighted by Crippen LogP contribution is -1.98. The highest BCUT2D eigenvalue weighted by atomic mass is 19.1. The fraction of sp³-hybridized carbons (Fsp3) is 0. The lowest BCUT2D eigenvalue weighted by Gasteiger charge is -2.05. The van der Waals surface area contributed by atoms with Crippen LogP contribution < -0.4 is 5.32 Å². The molecule has 0 atom stereocenters. The van der Waals surface area contributed by atoms with E-state index in [4.69, 9.17) is 0 Å². The van der Waals surface area contributed by atoms with Gasteiger partial charge in [-0.2, -0.15) is 0 Å². The summed E-state index contributed by atoms with van der Waals surface area (Å²) >= 11 is 0. The maximum atomic E-state index is 12.8. The molecule has 0 saturated heterocycles. The third-order valence-corrected chi connectivity index (χ3v) is 2.55. The van der Waals surface area contributed by atoms with Crippen molar-refractivity contribution in [3.05, 3.63) is 60.9 Å². The Bertz CT molecular complexity index is 700. The summed E-state index contributed by atoms with van der Waals surface area (Å²) in [6, 6.07) is 8.42. The molecule has 0 aliphatic carbocycles. The Morgan fingerprint density at radius 1 is 0.850 bits per heavy atom. The second-order valence-electron chi connectivity index (χ2n) is 3.99. The molecule has 0 unspecified atom stereocenters. The van der Waals surface area contributed by atoms with Crippen molar-refractivity contribution in [2.45, 2.75) is 0 Å². The van der Waals surface area contributed by atoms with Crippen LogP contribution in [0.2, 0.25) is 0 Å². The monoisotopic (exact) mass is 267 g/mol. The molecule has 3 aromatic rings. The summed E-state index contributed by atoms with van der Waals surface area (Å²) in [6.45, 7) is 0. The first-order valence-corrected chi connectivity index (χ1v) is 5.93. The lowest BCUT2D eigenvalue weighted by atomic mass is 10.3. The fourth-order valence-electron chi connectivity index (χ4n) is 1.64. The Kier molecular flexibility index (Phi) is 3.28. The van der Waals surface area contributed by atoms with Crippen molar-refractivity contribution in [3.63, 3.8) is 0 Å². The minimum absolute atomic E-state index is 0.385. The predicted octanol–water partition coefficient (Wildman–Crippen LogP) is 2.82. The molecule has 0 bridgehead atoms. The molecule has 0 radical (unpaired) electrons. The van der Waals surface area contributed by atoms with Crippen molar-refractivity contribution < 1.29 is 4.39 Å². The summed E-state index contributed by atoms with van der Waals surface area (Å²) in [5.41, 5.74) is 1.38. The number of rotatable bonds is 3. The normalized spacial score (nSPS) is 10.2. The second-order valence-corrected chi connectivity index (χ2v) is 3.99. The maximum absolute atomic E-state index is 12.8. The number of nitrogens with zero attached hydrogens (tertiary/aromatic N) is 4. The molecule has 0 amide bonds. The molecule has 0 spiro atoms. The molecule has 1 N–H and O–H groups in total. The fourth-order valence-corrected chi connectivity index (χ4v) is 1.64. The standard InChI is InChI=1S/C14H10FN5/c15-10-4-5-13(18-7-10)20-14-9-16-8-12(19-14)11-3-1-2-6-17-11/h1-9H,(H,18,19,20). The van der Waals surface area contributed by atoms with Gasteiger partial charge in [0.1, 0.15) is 17.3 Å². The molecule has 3 heterocycles. The molecule has 6 heteroatoms. The molecule has 3 rings (SSSR count). The number of hydrogen-bond acceptors (Lipinski definition) is 5. The van der Waals surface area contributed by atoms with Gasteiger partial charge >= 0.3 is 0 Å². The third kappa shape index (κ3) is 2.74. The van der Waals surface area contributed by atoms with Crippen LogP contribution in [0.3, 0.4) is 0 Å². The van der Waals surface area contributed by atoms with Gasteiger partial charge in [0.15, 0.2) is 5.82 Å². The zero-order valence-electron chi connectivity index (χ0n) is 10.4. The topological polar surface area (TPSA) is 63.6 Å². The van der Waals surface area contributed by atoms with E-state index in [-0.39, 0.29) is 5.82 Å². The van der Waals surface area contributed by atoms with E-state index in [1.807, 2.05) is 18.2 Å². The van der Waals surface area contributed by atoms with Crippen LogP contribution in [-0.4, -0.2) is 19.9 Å². The Labute approximate surface area is 114 Å². The van der Waals surface area contributed by atoms with Crippen molar-refractivity contribution in [1.29, 1.82) is 0 Å². The first kappa shape index (κ1) is 12.2. The average molecular weight is 267 g/mol. The summed E-state index contributed by atoms with van der Waals surface area (Å²) in [5.74, 6) is 0.634. The quantitative estimate of drug-likeness (QED) is 0.790. The van der Waals surface area contributed by atoms with E-state index in [9.17, 15) is 4.39 Å². The van der Waals surface area contributed by atoms with E-state index in [1.54, 1.807) is 18.6 Å². The van der Waals surface area contributed by atoms with Crippen LogP contribution in [0.25, 0.3) is 11.4 Å². The molecule has 98 valence electrons. The van der Waals surface area contributed by atoms with Gasteiger partial charge in [0.25, 0.3) is 0 Å². The number of aromatic nitrogens is 4. The van der Waals surface area contributed by atoms with Gasteiger partial charge in [-0.3, -0.25) is 9.97 Å². The van der Waals surface area contributed by atoms with Gasteiger partial charge in [-0.15, -0.1) is 0 Å². The smallest absolute Gasteiger partial charge is 0.150 e. The summed E-state index contributed by atoms with van der Waals surface area (Å²) < 4.78 is 12.8. The van der Waals surface area contributed by atoms with Crippen molar-refractivity contribution in [1.82, 2.24) is 19.9 Å². The third-order valence-electron chi connectivity index (χ3n) is 2.55. The zero-order chi connectivity index (χ0) is 13.8. The summed E-state index contributed by atoms with van der Waals surface area (Å²) in [7, 11) is 0. The SMILES string of the molecule is Fc1ccc(Nc2cncc(-c3ccccn3)n2)nc1. The van der Waals surface area contributed by atoms with Crippen molar-refractivity contribution >= 4 is 11.6 Å². The van der Waals surface area contributed by atoms with Crippen LogP contribution in [0.1, 0.15) is 0 Å². The predicted molar refractivity (Wildman–Crippen MR) is 72.7 cm³/mol. The van der Waals surface area contributed by atoms with Crippen molar-refractivity contribution in [2.75, 3.05) is 5.32 Å². The molecule has 0 aliphatic rings. The minimum atomic E-state index is -0.385. The Morgan fingerprint density at radius 2 is 1.80 bits per heavy atom. The van der Waals surface area contributed by atoms with Crippen LogP contribution in [0.5, 0.6) is 0 Å². The van der Waals surface area contributed by atoms with Crippen LogP contribution in [0.15, 0.2) is 55.1 Å². The largest absolute Gasteiger partial charge is 0.324 e. The van der Waals surface area contributed by atoms with Gasteiger partial charge in [0.2, 0.25) is 0 Å². The summed E-state index contributed by atoms with van der Waals surface area (Å²) in [4.78, 5) is 16.6. The highest BCUT2D eigenvalue weighted by Crippen LogP contribution is 2.16. The van der Waals surface area contributed by atoms with Crippen LogP contribution in [0, 0.1) is 5.82 Å². The van der Waals surface area contributed by atoms with Crippen LogP contribution in [-0.2, 0) is 0 Å². The number of halogens is 1. The van der Waals surface area contributed by atoms with E-state index in [0.29, 0.717) is 17.3 Å². The molecular weight excluding hydrogens is 257 g/mol. The highest BCUT2D eigenvalue weighted by molar-refractivity contribution is 5.57. The van der Waals surface area contributed by atoms with Gasteiger partial charge in [-0.1, -0.05) is 6.07 Å².